The van der Waals surface area contributed by atoms with Crippen LogP contribution in [0, 0.1) is 0 Å². The monoisotopic (exact) mass is 506 g/mol. The molecule has 2 heterocycles. The van der Waals surface area contributed by atoms with Gasteiger partial charge in [-0.3, -0.25) is 0 Å². The Balaban J connectivity index is 2.26. The molecule has 2 aromatic rings. The topological polar surface area (TPSA) is 51.2 Å². The van der Waals surface area contributed by atoms with E-state index >= 15 is 0 Å². The molecule has 1 aromatic heterocycles. The van der Waals surface area contributed by atoms with E-state index in [9.17, 15) is 13.6 Å². The van der Waals surface area contributed by atoms with Crippen molar-refractivity contribution in [2.45, 2.75) is 5.54 Å². The number of allylic oxidation sites excluding steroid dienone is 2. The zero-order valence-electron chi connectivity index (χ0n) is 12.1. The predicted octanol–water partition coefficient (Wildman–Crippen LogP) is 3.22. The Labute approximate surface area is 147 Å². The zero-order chi connectivity index (χ0) is 17.2. The van der Waals surface area contributed by atoms with Crippen molar-refractivity contribution >= 4 is 5.97 Å². The molecule has 3 rings (SSSR count). The number of aromatic nitrogens is 1. The summed E-state index contributed by atoms with van der Waals surface area (Å²) in [5.74, 6) is -2.69. The Morgan fingerprint density at radius 1 is 1.17 bits per heavy atom. The van der Waals surface area contributed by atoms with Gasteiger partial charge >= 0.3 is 148 Å². The summed E-state index contributed by atoms with van der Waals surface area (Å²) >= 11 is 1.15. The van der Waals surface area contributed by atoms with Crippen molar-refractivity contribution in [2.75, 3.05) is 0 Å². The van der Waals surface area contributed by atoms with Gasteiger partial charge in [-0.2, -0.15) is 0 Å². The van der Waals surface area contributed by atoms with Gasteiger partial charge in [-0.1, -0.05) is 0 Å². The first-order chi connectivity index (χ1) is 11.6. The fourth-order valence-corrected chi connectivity index (χ4v) is 2.96. The number of carbonyl (C=O) groups excluding carboxylic acids is 1. The molecule has 0 aliphatic carbocycles. The van der Waals surface area contributed by atoms with Gasteiger partial charge in [-0.05, 0) is 0 Å². The van der Waals surface area contributed by atoms with Gasteiger partial charge in [0, 0.05) is 0 Å². The van der Waals surface area contributed by atoms with E-state index < -0.39 is 23.2 Å². The van der Waals surface area contributed by atoms with Crippen molar-refractivity contribution in [1.29, 1.82) is 0 Å². The van der Waals surface area contributed by atoms with Gasteiger partial charge in [0.15, 0.2) is 0 Å². The van der Waals surface area contributed by atoms with Crippen LogP contribution in [-0.2, 0) is 33.1 Å². The number of nitrogens with zero attached hydrogens (tertiary/aromatic N) is 1. The molecule has 0 saturated carbocycles. The first-order valence-electron chi connectivity index (χ1n) is 6.92. The maximum atomic E-state index is 14.8. The van der Waals surface area contributed by atoms with Crippen LogP contribution >= 0.6 is 0 Å². The molecule has 0 fully saturated rings. The van der Waals surface area contributed by atoms with Crippen LogP contribution in [0.2, 0.25) is 0 Å². The number of nitrogens with one attached hydrogen (secondary N) is 1. The summed E-state index contributed by atoms with van der Waals surface area (Å²) < 4.78 is 33.0. The van der Waals surface area contributed by atoms with E-state index in [1.807, 2.05) is 0 Å². The Kier molecular flexibility index (Phi) is 4.55. The number of carbonyl (C=O) groups is 1. The van der Waals surface area contributed by atoms with Crippen molar-refractivity contribution in [3.63, 3.8) is 0 Å². The van der Waals surface area contributed by atoms with Gasteiger partial charge in [0.05, 0.1) is 0 Å². The van der Waals surface area contributed by atoms with Crippen LogP contribution in [0.3, 0.4) is 0 Å². The van der Waals surface area contributed by atoms with E-state index in [1.54, 1.807) is 48.7 Å². The molecular weight excluding hydrogens is 494 g/mol. The molecule has 0 bridgehead atoms. The van der Waals surface area contributed by atoms with Gasteiger partial charge in [0.1, 0.15) is 0 Å². The number of rotatable bonds is 3. The van der Waals surface area contributed by atoms with E-state index in [1.165, 1.54) is 0 Å². The SMILES string of the molecule is O=C([O][Ir])C1(c2ccccc2-c2ccccn2)NC=C(F)C=C1F. The third kappa shape index (κ3) is 2.66. The van der Waals surface area contributed by atoms with E-state index in [2.05, 4.69) is 10.3 Å². The molecule has 1 atom stereocenters. The van der Waals surface area contributed by atoms with Crippen molar-refractivity contribution < 1.29 is 36.3 Å². The molecule has 7 heteroatoms. The van der Waals surface area contributed by atoms with E-state index in [4.69, 9.17) is 3.50 Å². The standard InChI is InChI=1S/C17H12F2N2O2.Ir/c18-11-9-15(19)17(16(22)23,21-10-11)13-6-2-1-5-12(13)14-7-3-4-8-20-14;/h1-10,21H,(H,22,23);/q;+1/p-1. The molecular formula is C17H11F2IrN2O2. The van der Waals surface area contributed by atoms with Gasteiger partial charge in [0.2, 0.25) is 0 Å². The second-order valence-corrected chi connectivity index (χ2v) is 5.52. The first kappa shape index (κ1) is 16.5. The fourth-order valence-electron chi connectivity index (χ4n) is 2.60. The number of benzene rings is 1. The Hall–Kier alpha value is -2.37. The predicted molar refractivity (Wildman–Crippen MR) is 79.0 cm³/mol. The normalized spacial score (nSPS) is 19.8. The third-order valence-corrected chi connectivity index (χ3v) is 4.13. The van der Waals surface area contributed by atoms with Crippen LogP contribution in [0.25, 0.3) is 11.3 Å². The zero-order valence-corrected chi connectivity index (χ0v) is 14.5. The Morgan fingerprint density at radius 3 is 2.58 bits per heavy atom. The molecule has 1 aliphatic heterocycles. The summed E-state index contributed by atoms with van der Waals surface area (Å²) in [6.45, 7) is 0. The second-order valence-electron chi connectivity index (χ2n) is 5.03. The summed E-state index contributed by atoms with van der Waals surface area (Å²) in [7, 11) is 0. The van der Waals surface area contributed by atoms with Crippen LogP contribution < -0.4 is 5.32 Å². The number of dihydropyridines is 1. The van der Waals surface area contributed by atoms with Gasteiger partial charge in [-0.25, -0.2) is 0 Å². The van der Waals surface area contributed by atoms with Crippen LogP contribution in [0.1, 0.15) is 5.56 Å². The summed E-state index contributed by atoms with van der Waals surface area (Å²) in [6.07, 6.45) is 3.20. The fraction of sp³-hybridized carbons (Fsp3) is 0.0588. The van der Waals surface area contributed by atoms with Crippen LogP contribution in [-0.4, -0.2) is 11.0 Å². The van der Waals surface area contributed by atoms with Crippen molar-refractivity contribution in [3.05, 3.63) is 78.2 Å². The average Bonchev–Trinajstić information content (AvgIpc) is 2.62. The van der Waals surface area contributed by atoms with Crippen LogP contribution in [0.5, 0.6) is 0 Å². The van der Waals surface area contributed by atoms with Crippen molar-refractivity contribution in [1.82, 2.24) is 10.3 Å². The molecule has 0 saturated heterocycles. The Bertz CT molecular complexity index is 839. The van der Waals surface area contributed by atoms with Gasteiger partial charge in [-0.15, -0.1) is 0 Å². The molecule has 24 heavy (non-hydrogen) atoms. The number of pyridine rings is 1. The second kappa shape index (κ2) is 6.63. The minimum absolute atomic E-state index is 0.285. The summed E-state index contributed by atoms with van der Waals surface area (Å²) in [5.41, 5.74) is -0.581. The summed E-state index contributed by atoms with van der Waals surface area (Å²) in [6, 6.07) is 12.0. The van der Waals surface area contributed by atoms with E-state index in [0.717, 1.165) is 25.5 Å². The minimum atomic E-state index is -1.96. The summed E-state index contributed by atoms with van der Waals surface area (Å²) in [4.78, 5) is 16.7. The molecule has 1 unspecified atom stereocenters. The number of halogens is 2. The van der Waals surface area contributed by atoms with Crippen LogP contribution in [0.15, 0.2) is 72.6 Å². The van der Waals surface area contributed by atoms with E-state index in [-0.39, 0.29) is 5.56 Å². The maximum absolute atomic E-state index is 14.8. The molecule has 1 aliphatic rings. The molecule has 1 N–H and O–H groups in total. The van der Waals surface area contributed by atoms with Gasteiger partial charge < -0.3 is 0 Å². The quantitative estimate of drug-likeness (QED) is 0.696. The van der Waals surface area contributed by atoms with Crippen molar-refractivity contribution in [2.24, 2.45) is 0 Å². The van der Waals surface area contributed by atoms with Crippen molar-refractivity contribution in [3.8, 4) is 11.3 Å². The first-order valence-corrected chi connectivity index (χ1v) is 7.90. The molecule has 0 amide bonds. The molecule has 0 radical (unpaired) electrons. The molecule has 124 valence electrons. The van der Waals surface area contributed by atoms with Gasteiger partial charge in [0.25, 0.3) is 0 Å². The average molecular weight is 506 g/mol. The summed E-state index contributed by atoms with van der Waals surface area (Å²) in [5, 5.41) is 2.53. The third-order valence-electron chi connectivity index (χ3n) is 3.69. The molecule has 0 spiro atoms. The van der Waals surface area contributed by atoms with Crippen LogP contribution in [0.4, 0.5) is 8.78 Å². The molecule has 1 aromatic carbocycles. The van der Waals surface area contributed by atoms with E-state index in [0.29, 0.717) is 17.3 Å². The molecule has 4 nitrogen and oxygen atoms in total. The Morgan fingerprint density at radius 2 is 1.92 bits per heavy atom. The number of hydrogen-bond donors (Lipinski definition) is 1. The number of hydrogen-bond acceptors (Lipinski definition) is 4.